The summed E-state index contributed by atoms with van der Waals surface area (Å²) in [5, 5.41) is 13.6. The van der Waals surface area contributed by atoms with Crippen molar-refractivity contribution >= 4 is 44.9 Å². The van der Waals surface area contributed by atoms with Crippen LogP contribution in [0.25, 0.3) is 5.65 Å². The molecule has 0 aliphatic carbocycles. The van der Waals surface area contributed by atoms with Gasteiger partial charge in [0.15, 0.2) is 5.65 Å². The highest BCUT2D eigenvalue weighted by Gasteiger charge is 2.20. The summed E-state index contributed by atoms with van der Waals surface area (Å²) in [6, 6.07) is 9.16. The second kappa shape index (κ2) is 7.30. The van der Waals surface area contributed by atoms with Gasteiger partial charge in [0.25, 0.3) is 5.91 Å². The number of carbonyl (C=O) groups excluding carboxylic acids is 1. The Bertz CT molecular complexity index is 989. The van der Waals surface area contributed by atoms with E-state index in [4.69, 9.17) is 5.26 Å². The zero-order valence-electron chi connectivity index (χ0n) is 13.7. The lowest BCUT2D eigenvalue weighted by molar-refractivity contribution is 0.102. The Kier molecular flexibility index (Phi) is 5.11. The Morgan fingerprint density at radius 3 is 2.76 bits per heavy atom. The van der Waals surface area contributed by atoms with Crippen molar-refractivity contribution in [2.24, 2.45) is 0 Å². The Hall–Kier alpha value is -2.30. The van der Waals surface area contributed by atoms with Gasteiger partial charge in [-0.05, 0) is 76.9 Å². The van der Waals surface area contributed by atoms with Crippen molar-refractivity contribution < 1.29 is 4.79 Å². The fourth-order valence-electron chi connectivity index (χ4n) is 2.62. The van der Waals surface area contributed by atoms with Gasteiger partial charge < -0.3 is 5.32 Å². The standard InChI is InChI=1S/C18H15BrN4OS/c1-3-15-16(23-9-11(2)8-14(19)17(23)22-15)18(24)21-12-4-6-13(7-5-12)25-10-20/h4-9H,3H2,1-2H3,(H,21,24). The molecule has 0 saturated heterocycles. The molecule has 126 valence electrons. The highest BCUT2D eigenvalue weighted by Crippen LogP contribution is 2.24. The molecule has 1 aromatic carbocycles. The van der Waals surface area contributed by atoms with Crippen molar-refractivity contribution in [1.29, 1.82) is 5.26 Å². The number of nitriles is 1. The number of thiocyanates is 1. The van der Waals surface area contributed by atoms with Gasteiger partial charge in [-0.3, -0.25) is 9.20 Å². The van der Waals surface area contributed by atoms with Crippen LogP contribution in [0, 0.1) is 17.6 Å². The van der Waals surface area contributed by atoms with Crippen molar-refractivity contribution in [3.8, 4) is 5.40 Å². The molecule has 0 radical (unpaired) electrons. The second-order valence-corrected chi connectivity index (χ2v) is 7.20. The molecule has 2 heterocycles. The number of nitrogens with zero attached hydrogens (tertiary/aromatic N) is 3. The predicted octanol–water partition coefficient (Wildman–Crippen LogP) is 4.79. The van der Waals surface area contributed by atoms with Crippen LogP contribution in [0.15, 0.2) is 45.9 Å². The predicted molar refractivity (Wildman–Crippen MR) is 103 cm³/mol. The minimum absolute atomic E-state index is 0.206. The van der Waals surface area contributed by atoms with E-state index in [9.17, 15) is 4.79 Å². The lowest BCUT2D eigenvalue weighted by Crippen LogP contribution is -2.16. The highest BCUT2D eigenvalue weighted by molar-refractivity contribution is 9.10. The molecule has 3 rings (SSSR count). The van der Waals surface area contributed by atoms with Crippen LogP contribution >= 0.6 is 27.7 Å². The Labute approximate surface area is 158 Å². The van der Waals surface area contributed by atoms with E-state index in [1.807, 2.05) is 35.9 Å². The number of aromatic nitrogens is 2. The van der Waals surface area contributed by atoms with Crippen molar-refractivity contribution in [2.45, 2.75) is 25.2 Å². The molecule has 0 spiro atoms. The smallest absolute Gasteiger partial charge is 0.274 e. The van der Waals surface area contributed by atoms with E-state index < -0.39 is 0 Å². The SMILES string of the molecule is CCc1nc2c(Br)cc(C)cn2c1C(=O)Nc1ccc(SC#N)cc1. The van der Waals surface area contributed by atoms with Gasteiger partial charge in [0, 0.05) is 16.8 Å². The molecule has 5 nitrogen and oxygen atoms in total. The van der Waals surface area contributed by atoms with E-state index in [2.05, 4.69) is 26.2 Å². The number of imidazole rings is 1. The van der Waals surface area contributed by atoms with Crippen LogP contribution in [-0.2, 0) is 6.42 Å². The number of benzene rings is 1. The third kappa shape index (κ3) is 3.55. The maximum absolute atomic E-state index is 12.9. The molecule has 3 aromatic rings. The second-order valence-electron chi connectivity index (χ2n) is 5.49. The van der Waals surface area contributed by atoms with Crippen LogP contribution in [0.1, 0.15) is 28.7 Å². The number of nitrogens with one attached hydrogen (secondary N) is 1. The van der Waals surface area contributed by atoms with E-state index in [1.165, 1.54) is 0 Å². The lowest BCUT2D eigenvalue weighted by atomic mass is 10.2. The van der Waals surface area contributed by atoms with Crippen LogP contribution < -0.4 is 5.32 Å². The summed E-state index contributed by atoms with van der Waals surface area (Å²) in [6.45, 7) is 3.95. The third-order valence-electron chi connectivity index (χ3n) is 3.71. The third-order valence-corrected chi connectivity index (χ3v) is 4.89. The monoisotopic (exact) mass is 414 g/mol. The number of hydrogen-bond donors (Lipinski definition) is 1. The molecule has 0 unspecified atom stereocenters. The number of thioether (sulfide) groups is 1. The Morgan fingerprint density at radius 2 is 2.12 bits per heavy atom. The summed E-state index contributed by atoms with van der Waals surface area (Å²) < 4.78 is 2.69. The summed E-state index contributed by atoms with van der Waals surface area (Å²) in [7, 11) is 0. The molecule has 1 N–H and O–H groups in total. The molecule has 7 heteroatoms. The molecule has 0 bridgehead atoms. The molecule has 2 aromatic heterocycles. The Balaban J connectivity index is 1.97. The van der Waals surface area contributed by atoms with Gasteiger partial charge in [-0.2, -0.15) is 5.26 Å². The summed E-state index contributed by atoms with van der Waals surface area (Å²) >= 11 is 4.60. The van der Waals surface area contributed by atoms with Crippen LogP contribution in [-0.4, -0.2) is 15.3 Å². The molecule has 25 heavy (non-hydrogen) atoms. The van der Waals surface area contributed by atoms with E-state index >= 15 is 0 Å². The number of halogens is 1. The van der Waals surface area contributed by atoms with Gasteiger partial charge in [0.2, 0.25) is 0 Å². The van der Waals surface area contributed by atoms with Crippen molar-refractivity contribution in [3.05, 3.63) is 58.0 Å². The number of hydrogen-bond acceptors (Lipinski definition) is 4. The van der Waals surface area contributed by atoms with Crippen LogP contribution in [0.3, 0.4) is 0 Å². The topological polar surface area (TPSA) is 70.2 Å². The van der Waals surface area contributed by atoms with E-state index in [0.29, 0.717) is 17.8 Å². The average molecular weight is 415 g/mol. The van der Waals surface area contributed by atoms with Gasteiger partial charge in [-0.25, -0.2) is 4.98 Å². The molecule has 0 aliphatic heterocycles. The quantitative estimate of drug-likeness (QED) is 0.491. The zero-order valence-corrected chi connectivity index (χ0v) is 16.1. The largest absolute Gasteiger partial charge is 0.321 e. The fraction of sp³-hybridized carbons (Fsp3) is 0.167. The molecule has 0 fully saturated rings. The van der Waals surface area contributed by atoms with Crippen LogP contribution in [0.4, 0.5) is 5.69 Å². The van der Waals surface area contributed by atoms with Gasteiger partial charge in [0.05, 0.1) is 10.2 Å². The van der Waals surface area contributed by atoms with Crippen molar-refractivity contribution in [3.63, 3.8) is 0 Å². The van der Waals surface area contributed by atoms with Gasteiger partial charge in [-0.15, -0.1) is 0 Å². The number of pyridine rings is 1. The minimum Gasteiger partial charge on any atom is -0.321 e. The molecule has 0 saturated carbocycles. The summed E-state index contributed by atoms with van der Waals surface area (Å²) in [4.78, 5) is 18.3. The van der Waals surface area contributed by atoms with Gasteiger partial charge in [0.1, 0.15) is 11.1 Å². The van der Waals surface area contributed by atoms with Crippen LogP contribution in [0.5, 0.6) is 0 Å². The molecular weight excluding hydrogens is 400 g/mol. The van der Waals surface area contributed by atoms with Crippen LogP contribution in [0.2, 0.25) is 0 Å². The van der Waals surface area contributed by atoms with E-state index in [0.717, 1.165) is 38.0 Å². The number of anilines is 1. The van der Waals surface area contributed by atoms with Gasteiger partial charge >= 0.3 is 0 Å². The van der Waals surface area contributed by atoms with Crippen molar-refractivity contribution in [2.75, 3.05) is 5.32 Å². The molecule has 1 amide bonds. The first kappa shape index (κ1) is 17.5. The minimum atomic E-state index is -0.206. The summed E-state index contributed by atoms with van der Waals surface area (Å²) in [5.41, 5.74) is 3.73. The number of aryl methyl sites for hydroxylation is 2. The first-order valence-corrected chi connectivity index (χ1v) is 9.29. The Morgan fingerprint density at radius 1 is 1.40 bits per heavy atom. The maximum Gasteiger partial charge on any atom is 0.274 e. The molecular formula is C18H15BrN4OS. The van der Waals surface area contributed by atoms with E-state index in [-0.39, 0.29) is 5.91 Å². The number of amides is 1. The van der Waals surface area contributed by atoms with Gasteiger partial charge in [-0.1, -0.05) is 6.92 Å². The first-order chi connectivity index (χ1) is 12.0. The van der Waals surface area contributed by atoms with E-state index in [1.54, 1.807) is 24.3 Å². The highest BCUT2D eigenvalue weighted by atomic mass is 79.9. The lowest BCUT2D eigenvalue weighted by Gasteiger charge is -2.08. The normalized spacial score (nSPS) is 10.6. The van der Waals surface area contributed by atoms with Crippen molar-refractivity contribution in [1.82, 2.24) is 9.38 Å². The molecule has 0 atom stereocenters. The average Bonchev–Trinajstić information content (AvgIpc) is 2.95. The zero-order chi connectivity index (χ0) is 18.0. The first-order valence-electron chi connectivity index (χ1n) is 7.68. The fourth-order valence-corrected chi connectivity index (χ4v) is 3.63. The summed E-state index contributed by atoms with van der Waals surface area (Å²) in [6.07, 6.45) is 2.57. The number of fused-ring (bicyclic) bond motifs is 1. The number of carbonyl (C=O) groups is 1. The maximum atomic E-state index is 12.9. The summed E-state index contributed by atoms with van der Waals surface area (Å²) in [5.74, 6) is -0.206. The molecule has 0 aliphatic rings. The number of rotatable bonds is 4.